The van der Waals surface area contributed by atoms with Crippen LogP contribution >= 0.6 is 11.6 Å². The fraction of sp³-hybridized carbons (Fsp3) is 0.650. The third kappa shape index (κ3) is 7.33. The normalized spacial score (nSPS) is 15.0. The first-order chi connectivity index (χ1) is 11.6. The highest BCUT2D eigenvalue weighted by Gasteiger charge is 2.19. The van der Waals surface area contributed by atoms with Gasteiger partial charge in [-0.15, -0.1) is 0 Å². The van der Waals surface area contributed by atoms with E-state index >= 15 is 0 Å². The number of nitrogens with zero attached hydrogens (tertiary/aromatic N) is 1. The minimum absolute atomic E-state index is 0.157. The van der Waals surface area contributed by atoms with Crippen molar-refractivity contribution in [2.24, 2.45) is 0 Å². The minimum Gasteiger partial charge on any atom is -0.396 e. The van der Waals surface area contributed by atoms with Crippen LogP contribution < -0.4 is 0 Å². The average Bonchev–Trinajstić information content (AvgIpc) is 2.59. The fourth-order valence-electron chi connectivity index (χ4n) is 3.35. The third-order valence-corrected chi connectivity index (χ3v) is 4.98. The van der Waals surface area contributed by atoms with Gasteiger partial charge in [0.25, 0.3) is 0 Å². The molecule has 0 radical (unpaired) electrons. The van der Waals surface area contributed by atoms with Crippen LogP contribution in [0.1, 0.15) is 56.6 Å². The SMILES string of the molecule is CCCN(CC=O)C1CCCCC1.Cc1cccc(Cl)c1CCO. The highest BCUT2D eigenvalue weighted by atomic mass is 35.5. The summed E-state index contributed by atoms with van der Waals surface area (Å²) in [6.07, 6.45) is 9.53. The first-order valence-electron chi connectivity index (χ1n) is 9.16. The van der Waals surface area contributed by atoms with Crippen LogP contribution in [0.4, 0.5) is 0 Å². The molecule has 0 aliphatic heterocycles. The lowest BCUT2D eigenvalue weighted by molar-refractivity contribution is -0.109. The van der Waals surface area contributed by atoms with Crippen LogP contribution in [0.25, 0.3) is 0 Å². The molecule has 24 heavy (non-hydrogen) atoms. The van der Waals surface area contributed by atoms with Crippen LogP contribution in [0.15, 0.2) is 18.2 Å². The number of carbonyl (C=O) groups is 1. The molecule has 1 fully saturated rings. The predicted molar refractivity (Wildman–Crippen MR) is 102 cm³/mol. The summed E-state index contributed by atoms with van der Waals surface area (Å²) in [6.45, 7) is 6.06. The molecule has 1 saturated carbocycles. The fourth-order valence-corrected chi connectivity index (χ4v) is 3.66. The summed E-state index contributed by atoms with van der Waals surface area (Å²) in [6, 6.07) is 6.45. The molecule has 0 atom stereocenters. The van der Waals surface area contributed by atoms with E-state index in [1.807, 2.05) is 25.1 Å². The molecule has 0 heterocycles. The largest absolute Gasteiger partial charge is 0.396 e. The molecule has 3 nitrogen and oxygen atoms in total. The van der Waals surface area contributed by atoms with Crippen molar-refractivity contribution in [1.29, 1.82) is 0 Å². The summed E-state index contributed by atoms with van der Waals surface area (Å²) in [7, 11) is 0. The molecule has 0 spiro atoms. The highest BCUT2D eigenvalue weighted by molar-refractivity contribution is 6.31. The van der Waals surface area contributed by atoms with Crippen molar-refractivity contribution in [3.05, 3.63) is 34.3 Å². The van der Waals surface area contributed by atoms with Crippen molar-refractivity contribution in [3.8, 4) is 0 Å². The summed E-state index contributed by atoms with van der Waals surface area (Å²) >= 11 is 5.90. The standard InChI is InChI=1S/C11H21NO.C9H11ClO/c1-2-8-12(9-10-13)11-6-4-3-5-7-11;1-7-3-2-4-9(10)8(7)5-6-11/h10-11H,2-9H2,1H3;2-4,11H,5-6H2,1H3. The number of halogens is 1. The molecule has 2 rings (SSSR count). The van der Waals surface area contributed by atoms with Crippen LogP contribution in [-0.2, 0) is 11.2 Å². The number of rotatable bonds is 7. The second-order valence-corrected chi connectivity index (χ2v) is 6.87. The molecule has 0 bridgehead atoms. The molecule has 0 amide bonds. The van der Waals surface area contributed by atoms with Gasteiger partial charge in [-0.05, 0) is 56.3 Å². The molecule has 0 unspecified atom stereocenters. The van der Waals surface area contributed by atoms with Gasteiger partial charge in [0.2, 0.25) is 0 Å². The Labute approximate surface area is 152 Å². The van der Waals surface area contributed by atoms with Crippen molar-refractivity contribution < 1.29 is 9.90 Å². The molecule has 4 heteroatoms. The predicted octanol–water partition coefficient (Wildman–Crippen LogP) is 4.41. The maximum absolute atomic E-state index is 10.5. The second kappa shape index (κ2) is 12.5. The van der Waals surface area contributed by atoms with E-state index in [2.05, 4.69) is 11.8 Å². The lowest BCUT2D eigenvalue weighted by Gasteiger charge is -2.32. The van der Waals surface area contributed by atoms with E-state index in [-0.39, 0.29) is 6.61 Å². The summed E-state index contributed by atoms with van der Waals surface area (Å²) in [5, 5.41) is 9.46. The van der Waals surface area contributed by atoms with E-state index in [1.165, 1.54) is 32.1 Å². The Balaban J connectivity index is 0.000000243. The first-order valence-corrected chi connectivity index (χ1v) is 9.54. The number of aliphatic hydroxyl groups excluding tert-OH is 1. The van der Waals surface area contributed by atoms with Crippen molar-refractivity contribution in [1.82, 2.24) is 4.90 Å². The number of carbonyl (C=O) groups excluding carboxylic acids is 1. The quantitative estimate of drug-likeness (QED) is 0.738. The van der Waals surface area contributed by atoms with E-state index in [1.54, 1.807) is 0 Å². The lowest BCUT2D eigenvalue weighted by atomic mass is 9.94. The van der Waals surface area contributed by atoms with E-state index in [4.69, 9.17) is 16.7 Å². The van der Waals surface area contributed by atoms with Crippen LogP contribution in [0.3, 0.4) is 0 Å². The maximum Gasteiger partial charge on any atom is 0.133 e. The molecule has 0 saturated heterocycles. The van der Waals surface area contributed by atoms with Crippen molar-refractivity contribution in [2.45, 2.75) is 64.8 Å². The monoisotopic (exact) mass is 353 g/mol. The van der Waals surface area contributed by atoms with Gasteiger partial charge in [-0.2, -0.15) is 0 Å². The zero-order valence-electron chi connectivity index (χ0n) is 15.1. The number of aldehydes is 1. The van der Waals surface area contributed by atoms with Crippen molar-refractivity contribution in [3.63, 3.8) is 0 Å². The van der Waals surface area contributed by atoms with Gasteiger partial charge in [0.05, 0.1) is 6.54 Å². The number of hydrogen-bond donors (Lipinski definition) is 1. The number of aliphatic hydroxyl groups is 1. The molecule has 1 aromatic carbocycles. The molecule has 1 aromatic rings. The lowest BCUT2D eigenvalue weighted by Crippen LogP contribution is -2.38. The average molecular weight is 354 g/mol. The first kappa shape index (κ1) is 21.1. The molecule has 1 aliphatic carbocycles. The Kier molecular flexibility index (Phi) is 11.0. The van der Waals surface area contributed by atoms with Crippen LogP contribution in [0.2, 0.25) is 5.02 Å². The van der Waals surface area contributed by atoms with E-state index in [9.17, 15) is 4.79 Å². The summed E-state index contributed by atoms with van der Waals surface area (Å²) in [5.41, 5.74) is 2.20. The van der Waals surface area contributed by atoms with Gasteiger partial charge in [-0.25, -0.2) is 0 Å². The van der Waals surface area contributed by atoms with Gasteiger partial charge in [0.1, 0.15) is 6.29 Å². The molecule has 0 aromatic heterocycles. The second-order valence-electron chi connectivity index (χ2n) is 6.46. The molecular weight excluding hydrogens is 322 g/mol. The smallest absolute Gasteiger partial charge is 0.133 e. The van der Waals surface area contributed by atoms with E-state index in [0.717, 1.165) is 35.4 Å². The third-order valence-electron chi connectivity index (χ3n) is 4.63. The topological polar surface area (TPSA) is 40.5 Å². The van der Waals surface area contributed by atoms with Crippen molar-refractivity contribution >= 4 is 17.9 Å². The van der Waals surface area contributed by atoms with E-state index < -0.39 is 0 Å². The molecular formula is C20H32ClNO2. The Morgan fingerprint density at radius 2 is 2.00 bits per heavy atom. The van der Waals surface area contributed by atoms with Gasteiger partial charge in [-0.1, -0.05) is 49.9 Å². The summed E-state index contributed by atoms with van der Waals surface area (Å²) in [4.78, 5) is 12.8. The Bertz CT molecular complexity index is 452. The Morgan fingerprint density at radius 3 is 2.54 bits per heavy atom. The van der Waals surface area contributed by atoms with Gasteiger partial charge >= 0.3 is 0 Å². The maximum atomic E-state index is 10.5. The number of aryl methyl sites for hydroxylation is 1. The zero-order chi connectivity index (χ0) is 17.8. The Morgan fingerprint density at radius 1 is 1.29 bits per heavy atom. The van der Waals surface area contributed by atoms with Gasteiger partial charge in [0.15, 0.2) is 0 Å². The molecule has 136 valence electrons. The Hall–Kier alpha value is -0.900. The molecule has 1 N–H and O–H groups in total. The molecule has 1 aliphatic rings. The highest BCUT2D eigenvalue weighted by Crippen LogP contribution is 2.22. The number of hydrogen-bond acceptors (Lipinski definition) is 3. The summed E-state index contributed by atoms with van der Waals surface area (Å²) in [5.74, 6) is 0. The van der Waals surface area contributed by atoms with Crippen LogP contribution in [0, 0.1) is 6.92 Å². The van der Waals surface area contributed by atoms with E-state index in [0.29, 0.717) is 19.0 Å². The van der Waals surface area contributed by atoms with Gasteiger partial charge in [0, 0.05) is 17.7 Å². The van der Waals surface area contributed by atoms with Crippen LogP contribution in [-0.4, -0.2) is 42.0 Å². The summed E-state index contributed by atoms with van der Waals surface area (Å²) < 4.78 is 0. The number of benzene rings is 1. The van der Waals surface area contributed by atoms with Crippen LogP contribution in [0.5, 0.6) is 0 Å². The van der Waals surface area contributed by atoms with Gasteiger partial charge < -0.3 is 9.90 Å². The zero-order valence-corrected chi connectivity index (χ0v) is 15.9. The minimum atomic E-state index is 0.157. The van der Waals surface area contributed by atoms with Crippen molar-refractivity contribution in [2.75, 3.05) is 19.7 Å². The van der Waals surface area contributed by atoms with Gasteiger partial charge in [-0.3, -0.25) is 4.90 Å².